The van der Waals surface area contributed by atoms with Gasteiger partial charge in [-0.2, -0.15) is 5.10 Å². The van der Waals surface area contributed by atoms with Crippen LogP contribution in [0.1, 0.15) is 30.8 Å². The maximum atomic E-state index is 4.82. The van der Waals surface area contributed by atoms with Crippen molar-refractivity contribution in [3.05, 3.63) is 48.0 Å². The molecular formula is C22H34N8. The fourth-order valence-corrected chi connectivity index (χ4v) is 3.62. The van der Waals surface area contributed by atoms with Gasteiger partial charge in [-0.15, -0.1) is 0 Å². The Balaban J connectivity index is 1.57. The Hall–Kier alpha value is -2.87. The fourth-order valence-electron chi connectivity index (χ4n) is 3.62. The van der Waals surface area contributed by atoms with Crippen molar-refractivity contribution in [2.45, 2.75) is 32.9 Å². The second-order valence-electron chi connectivity index (χ2n) is 7.73. The molecule has 162 valence electrons. The predicted molar refractivity (Wildman–Crippen MR) is 123 cm³/mol. The lowest BCUT2D eigenvalue weighted by Crippen LogP contribution is -2.38. The number of benzene rings is 1. The van der Waals surface area contributed by atoms with Crippen molar-refractivity contribution in [3.63, 3.8) is 0 Å². The topological polar surface area (TPSA) is 75.3 Å². The van der Waals surface area contributed by atoms with Gasteiger partial charge in [0.25, 0.3) is 0 Å². The zero-order valence-corrected chi connectivity index (χ0v) is 18.8. The third kappa shape index (κ3) is 5.38. The number of nitrogens with zero attached hydrogens (tertiary/aromatic N) is 6. The van der Waals surface area contributed by atoms with Gasteiger partial charge in [0.1, 0.15) is 5.82 Å². The number of para-hydroxylation sites is 2. The molecule has 2 aromatic heterocycles. The molecule has 0 aliphatic rings. The van der Waals surface area contributed by atoms with Crippen LogP contribution in [0.15, 0.2) is 41.7 Å². The van der Waals surface area contributed by atoms with Gasteiger partial charge in [0.05, 0.1) is 29.8 Å². The minimum absolute atomic E-state index is 0.189. The summed E-state index contributed by atoms with van der Waals surface area (Å²) in [5.74, 6) is 1.91. The van der Waals surface area contributed by atoms with Gasteiger partial charge in [0, 0.05) is 38.4 Å². The summed E-state index contributed by atoms with van der Waals surface area (Å²) in [7, 11) is 6.09. The largest absolute Gasteiger partial charge is 0.357 e. The second kappa shape index (κ2) is 10.2. The number of hydrogen-bond acceptors (Lipinski definition) is 4. The van der Waals surface area contributed by atoms with Crippen LogP contribution in [0.2, 0.25) is 0 Å². The van der Waals surface area contributed by atoms with Crippen molar-refractivity contribution < 1.29 is 0 Å². The summed E-state index contributed by atoms with van der Waals surface area (Å²) in [4.78, 5) is 11.6. The first-order chi connectivity index (χ1) is 14.5. The van der Waals surface area contributed by atoms with Crippen molar-refractivity contribution in [1.82, 2.24) is 34.9 Å². The van der Waals surface area contributed by atoms with Gasteiger partial charge in [0.15, 0.2) is 5.96 Å². The predicted octanol–water partition coefficient (Wildman–Crippen LogP) is 2.33. The summed E-state index contributed by atoms with van der Waals surface area (Å²) in [5.41, 5.74) is 3.42. The van der Waals surface area contributed by atoms with Gasteiger partial charge < -0.3 is 20.1 Å². The molecule has 0 radical (unpaired) electrons. The molecule has 3 aromatic rings. The molecule has 0 spiro atoms. The summed E-state index contributed by atoms with van der Waals surface area (Å²) in [6.07, 6.45) is 4.96. The molecular weight excluding hydrogens is 376 g/mol. The molecule has 8 nitrogen and oxygen atoms in total. The number of likely N-dealkylation sites (N-methyl/N-ethyl adjacent to an activating group) is 1. The molecule has 0 aliphatic carbocycles. The summed E-state index contributed by atoms with van der Waals surface area (Å²) in [6, 6.07) is 8.49. The lowest BCUT2D eigenvalue weighted by Gasteiger charge is -2.22. The third-order valence-corrected chi connectivity index (χ3v) is 5.20. The zero-order valence-electron chi connectivity index (χ0n) is 18.8. The normalized spacial score (nSPS) is 13.2. The molecule has 0 fully saturated rings. The number of rotatable bonds is 9. The Kier molecular flexibility index (Phi) is 7.46. The second-order valence-corrected chi connectivity index (χ2v) is 7.73. The van der Waals surface area contributed by atoms with E-state index in [4.69, 9.17) is 4.99 Å². The number of hydrogen-bond donors (Lipinski definition) is 2. The Labute approximate surface area is 179 Å². The van der Waals surface area contributed by atoms with Gasteiger partial charge in [0.2, 0.25) is 0 Å². The number of imidazole rings is 1. The van der Waals surface area contributed by atoms with Crippen LogP contribution in [0.5, 0.6) is 0 Å². The van der Waals surface area contributed by atoms with E-state index < -0.39 is 0 Å². The lowest BCUT2D eigenvalue weighted by molar-refractivity contribution is 0.306. The average Bonchev–Trinajstić information content (AvgIpc) is 3.27. The van der Waals surface area contributed by atoms with Crippen molar-refractivity contribution in [3.8, 4) is 0 Å². The fraction of sp³-hybridized carbons (Fsp3) is 0.500. The minimum atomic E-state index is 0.189. The molecule has 1 aromatic carbocycles. The molecule has 30 heavy (non-hydrogen) atoms. The first kappa shape index (κ1) is 21.8. The zero-order chi connectivity index (χ0) is 21.5. The van der Waals surface area contributed by atoms with Crippen molar-refractivity contribution in [2.24, 2.45) is 12.0 Å². The van der Waals surface area contributed by atoms with Gasteiger partial charge in [-0.25, -0.2) is 4.98 Å². The third-order valence-electron chi connectivity index (χ3n) is 5.20. The van der Waals surface area contributed by atoms with E-state index in [9.17, 15) is 0 Å². The highest BCUT2D eigenvalue weighted by Gasteiger charge is 2.15. The van der Waals surface area contributed by atoms with Crippen molar-refractivity contribution >= 4 is 17.0 Å². The van der Waals surface area contributed by atoms with Crippen LogP contribution in [0.3, 0.4) is 0 Å². The van der Waals surface area contributed by atoms with E-state index in [1.807, 2.05) is 24.0 Å². The molecule has 1 unspecified atom stereocenters. The average molecular weight is 411 g/mol. The first-order valence-corrected chi connectivity index (χ1v) is 10.6. The summed E-state index contributed by atoms with van der Waals surface area (Å²) in [5, 5.41) is 11.1. The Morgan fingerprint density at radius 1 is 1.23 bits per heavy atom. The van der Waals surface area contributed by atoms with Crippen molar-refractivity contribution in [2.75, 3.05) is 33.7 Å². The number of aromatic nitrogens is 4. The molecule has 8 heteroatoms. The highest BCUT2D eigenvalue weighted by atomic mass is 15.3. The number of nitrogens with one attached hydrogen (secondary N) is 2. The van der Waals surface area contributed by atoms with E-state index in [0.29, 0.717) is 6.54 Å². The summed E-state index contributed by atoms with van der Waals surface area (Å²) in [6.45, 7) is 7.42. The molecule has 0 amide bonds. The number of guanidine groups is 1. The van der Waals surface area contributed by atoms with E-state index in [0.717, 1.165) is 43.4 Å². The highest BCUT2D eigenvalue weighted by Crippen LogP contribution is 2.18. The quantitative estimate of drug-likeness (QED) is 0.322. The van der Waals surface area contributed by atoms with Crippen LogP contribution < -0.4 is 10.6 Å². The highest BCUT2D eigenvalue weighted by molar-refractivity contribution is 5.79. The number of aliphatic imine (C=N–C) groups is 1. The minimum Gasteiger partial charge on any atom is -0.357 e. The van der Waals surface area contributed by atoms with E-state index in [-0.39, 0.29) is 6.04 Å². The van der Waals surface area contributed by atoms with Gasteiger partial charge in [-0.3, -0.25) is 9.67 Å². The Bertz CT molecular complexity index is 969. The van der Waals surface area contributed by atoms with E-state index >= 15 is 0 Å². The van der Waals surface area contributed by atoms with Gasteiger partial charge >= 0.3 is 0 Å². The van der Waals surface area contributed by atoms with Crippen LogP contribution in [0, 0.1) is 6.92 Å². The van der Waals surface area contributed by atoms with Gasteiger partial charge in [-0.1, -0.05) is 12.1 Å². The molecule has 1 atom stereocenters. The molecule has 3 rings (SSSR count). The maximum Gasteiger partial charge on any atom is 0.191 e. The van der Waals surface area contributed by atoms with E-state index in [1.165, 1.54) is 11.1 Å². The molecule has 0 saturated heterocycles. The molecule has 0 saturated carbocycles. The van der Waals surface area contributed by atoms with Crippen LogP contribution in [0.4, 0.5) is 0 Å². The Morgan fingerprint density at radius 3 is 2.73 bits per heavy atom. The molecule has 0 bridgehead atoms. The maximum absolute atomic E-state index is 4.82. The number of aryl methyl sites for hydroxylation is 3. The number of fused-ring (bicyclic) bond motifs is 1. The van der Waals surface area contributed by atoms with Crippen LogP contribution >= 0.6 is 0 Å². The van der Waals surface area contributed by atoms with Crippen LogP contribution in [0.25, 0.3) is 11.0 Å². The first-order valence-electron chi connectivity index (χ1n) is 10.6. The van der Waals surface area contributed by atoms with E-state index in [2.05, 4.69) is 82.5 Å². The smallest absolute Gasteiger partial charge is 0.191 e. The van der Waals surface area contributed by atoms with Crippen LogP contribution in [-0.4, -0.2) is 63.9 Å². The summed E-state index contributed by atoms with van der Waals surface area (Å²) >= 11 is 0. The SMILES string of the molecule is CCNC(=NCC(c1cnn(C)c1)N(C)C)NCCCn1c(C)nc2ccccc21. The van der Waals surface area contributed by atoms with Crippen molar-refractivity contribution in [1.29, 1.82) is 0 Å². The molecule has 0 aliphatic heterocycles. The van der Waals surface area contributed by atoms with Gasteiger partial charge in [-0.05, 0) is 46.5 Å². The van der Waals surface area contributed by atoms with Crippen LogP contribution in [-0.2, 0) is 13.6 Å². The monoisotopic (exact) mass is 410 g/mol. The molecule has 2 N–H and O–H groups in total. The molecule has 2 heterocycles. The summed E-state index contributed by atoms with van der Waals surface area (Å²) < 4.78 is 4.12. The van der Waals surface area contributed by atoms with E-state index in [1.54, 1.807) is 0 Å². The standard InChI is InChI=1S/C22H34N8/c1-6-23-22(25-15-21(28(3)4)18-14-26-29(5)16-18)24-12-9-13-30-17(2)27-19-10-7-8-11-20(19)30/h7-8,10-11,14,16,21H,6,9,12-13,15H2,1-5H3,(H2,23,24,25). The lowest BCUT2D eigenvalue weighted by atomic mass is 10.1. The Morgan fingerprint density at radius 2 is 2.03 bits per heavy atom.